The lowest BCUT2D eigenvalue weighted by Crippen LogP contribution is -2.56. The number of piperazine rings is 1. The molecule has 0 bridgehead atoms. The first kappa shape index (κ1) is 14.3. The molecule has 2 amide bonds. The summed E-state index contributed by atoms with van der Waals surface area (Å²) < 4.78 is 0. The predicted octanol–water partition coefficient (Wildman–Crippen LogP) is -0.977. The van der Waals surface area contributed by atoms with Crippen molar-refractivity contribution in [3.8, 4) is 0 Å². The molecule has 108 valence electrons. The standard InChI is InChI=1S/C12H18N6O2/c1-3-7-8(4-2)17-18-12(15-7)16-11(20)9-5-14-10(19)6-13-9/h9,13H,3-6H2,1-2H3,(H,14,19)(H,15,16,18,20). The average molecular weight is 278 g/mol. The van der Waals surface area contributed by atoms with Crippen LogP contribution in [0.15, 0.2) is 0 Å². The van der Waals surface area contributed by atoms with Crippen molar-refractivity contribution in [2.45, 2.75) is 32.7 Å². The molecule has 1 aliphatic heterocycles. The second-order valence-electron chi connectivity index (χ2n) is 4.46. The van der Waals surface area contributed by atoms with Crippen LogP contribution in [0.4, 0.5) is 5.95 Å². The molecule has 1 saturated heterocycles. The van der Waals surface area contributed by atoms with E-state index in [1.165, 1.54) is 0 Å². The fourth-order valence-electron chi connectivity index (χ4n) is 1.94. The number of rotatable bonds is 4. The Morgan fingerprint density at radius 2 is 2.05 bits per heavy atom. The van der Waals surface area contributed by atoms with E-state index >= 15 is 0 Å². The highest BCUT2D eigenvalue weighted by atomic mass is 16.2. The molecule has 0 aromatic carbocycles. The molecule has 0 saturated carbocycles. The molecule has 8 nitrogen and oxygen atoms in total. The van der Waals surface area contributed by atoms with Gasteiger partial charge in [0.25, 0.3) is 0 Å². The van der Waals surface area contributed by atoms with Gasteiger partial charge in [0.15, 0.2) is 0 Å². The van der Waals surface area contributed by atoms with Crippen molar-refractivity contribution >= 4 is 17.8 Å². The van der Waals surface area contributed by atoms with Crippen LogP contribution in [0.5, 0.6) is 0 Å². The van der Waals surface area contributed by atoms with Crippen LogP contribution < -0.4 is 16.0 Å². The first-order valence-corrected chi connectivity index (χ1v) is 6.67. The Morgan fingerprint density at radius 3 is 2.65 bits per heavy atom. The Kier molecular flexibility index (Phi) is 4.57. The van der Waals surface area contributed by atoms with Crippen LogP contribution >= 0.6 is 0 Å². The van der Waals surface area contributed by atoms with E-state index in [0.717, 1.165) is 24.2 Å². The molecule has 1 aromatic rings. The molecule has 20 heavy (non-hydrogen) atoms. The van der Waals surface area contributed by atoms with E-state index in [4.69, 9.17) is 0 Å². The number of nitrogens with one attached hydrogen (secondary N) is 3. The van der Waals surface area contributed by atoms with Crippen molar-refractivity contribution in [1.29, 1.82) is 0 Å². The molecule has 1 aliphatic rings. The van der Waals surface area contributed by atoms with E-state index in [1.807, 2.05) is 13.8 Å². The van der Waals surface area contributed by atoms with Gasteiger partial charge in [-0.3, -0.25) is 20.2 Å². The van der Waals surface area contributed by atoms with Crippen molar-refractivity contribution in [2.24, 2.45) is 0 Å². The van der Waals surface area contributed by atoms with Gasteiger partial charge in [-0.1, -0.05) is 13.8 Å². The zero-order valence-electron chi connectivity index (χ0n) is 11.6. The van der Waals surface area contributed by atoms with Crippen LogP contribution in [0.3, 0.4) is 0 Å². The lowest BCUT2D eigenvalue weighted by atomic mass is 10.2. The monoisotopic (exact) mass is 278 g/mol. The first-order valence-electron chi connectivity index (χ1n) is 6.67. The Labute approximate surface area is 116 Å². The van der Waals surface area contributed by atoms with E-state index in [9.17, 15) is 9.59 Å². The number of aryl methyl sites for hydroxylation is 2. The Balaban J connectivity index is 2.02. The molecular formula is C12H18N6O2. The summed E-state index contributed by atoms with van der Waals surface area (Å²) in [5.41, 5.74) is 1.68. The first-order chi connectivity index (χ1) is 9.63. The zero-order chi connectivity index (χ0) is 14.5. The Hall–Kier alpha value is -2.09. The Morgan fingerprint density at radius 1 is 1.30 bits per heavy atom. The molecule has 0 spiro atoms. The molecule has 8 heteroatoms. The topological polar surface area (TPSA) is 109 Å². The molecule has 1 unspecified atom stereocenters. The molecule has 1 fully saturated rings. The van der Waals surface area contributed by atoms with E-state index in [-0.39, 0.29) is 30.9 Å². The molecule has 0 radical (unpaired) electrons. The van der Waals surface area contributed by atoms with Gasteiger partial charge >= 0.3 is 0 Å². The van der Waals surface area contributed by atoms with Crippen LogP contribution in [0.25, 0.3) is 0 Å². The number of nitrogens with zero attached hydrogens (tertiary/aromatic N) is 3. The van der Waals surface area contributed by atoms with E-state index in [2.05, 4.69) is 31.1 Å². The van der Waals surface area contributed by atoms with E-state index < -0.39 is 6.04 Å². The summed E-state index contributed by atoms with van der Waals surface area (Å²) in [5, 5.41) is 16.0. The van der Waals surface area contributed by atoms with Gasteiger partial charge in [0, 0.05) is 6.54 Å². The van der Waals surface area contributed by atoms with Gasteiger partial charge in [0.1, 0.15) is 6.04 Å². The largest absolute Gasteiger partial charge is 0.353 e. The molecule has 1 aromatic heterocycles. The number of hydrogen-bond acceptors (Lipinski definition) is 6. The van der Waals surface area contributed by atoms with Crippen molar-refractivity contribution in [3.05, 3.63) is 11.4 Å². The summed E-state index contributed by atoms with van der Waals surface area (Å²) in [6, 6.07) is -0.479. The van der Waals surface area contributed by atoms with Crippen molar-refractivity contribution in [2.75, 3.05) is 18.4 Å². The molecule has 1 atom stereocenters. The Bertz CT molecular complexity index is 509. The fourth-order valence-corrected chi connectivity index (χ4v) is 1.94. The molecule has 2 rings (SSSR count). The summed E-state index contributed by atoms with van der Waals surface area (Å²) >= 11 is 0. The van der Waals surface area contributed by atoms with Crippen LogP contribution in [0, 0.1) is 0 Å². The van der Waals surface area contributed by atoms with Crippen LogP contribution in [-0.2, 0) is 22.4 Å². The highest BCUT2D eigenvalue weighted by Crippen LogP contribution is 2.07. The minimum Gasteiger partial charge on any atom is -0.353 e. The highest BCUT2D eigenvalue weighted by molar-refractivity contribution is 5.95. The highest BCUT2D eigenvalue weighted by Gasteiger charge is 2.24. The van der Waals surface area contributed by atoms with E-state index in [1.54, 1.807) is 0 Å². The lowest BCUT2D eigenvalue weighted by molar-refractivity contribution is -0.124. The van der Waals surface area contributed by atoms with Crippen molar-refractivity contribution < 1.29 is 9.59 Å². The third-order valence-corrected chi connectivity index (χ3v) is 3.07. The van der Waals surface area contributed by atoms with Crippen LogP contribution in [0.2, 0.25) is 0 Å². The molecule has 0 aliphatic carbocycles. The fraction of sp³-hybridized carbons (Fsp3) is 0.583. The smallest absolute Gasteiger partial charge is 0.249 e. The number of aromatic nitrogens is 3. The molecular weight excluding hydrogens is 260 g/mol. The van der Waals surface area contributed by atoms with Gasteiger partial charge in [-0.05, 0) is 12.8 Å². The SMILES string of the molecule is CCc1nnc(NC(=O)C2CNC(=O)CN2)nc1CC. The van der Waals surface area contributed by atoms with Gasteiger partial charge < -0.3 is 5.32 Å². The predicted molar refractivity (Wildman–Crippen MR) is 72.0 cm³/mol. The van der Waals surface area contributed by atoms with E-state index in [0.29, 0.717) is 0 Å². The third-order valence-electron chi connectivity index (χ3n) is 3.07. The third kappa shape index (κ3) is 3.27. The molecule has 2 heterocycles. The normalized spacial score (nSPS) is 18.5. The maximum atomic E-state index is 12.0. The number of carbonyl (C=O) groups excluding carboxylic acids is 2. The van der Waals surface area contributed by atoms with Crippen molar-refractivity contribution in [3.63, 3.8) is 0 Å². The van der Waals surface area contributed by atoms with Gasteiger partial charge in [0.2, 0.25) is 17.8 Å². The second-order valence-corrected chi connectivity index (χ2v) is 4.46. The summed E-state index contributed by atoms with van der Waals surface area (Å²) in [4.78, 5) is 27.3. The summed E-state index contributed by atoms with van der Waals surface area (Å²) in [6.07, 6.45) is 1.49. The summed E-state index contributed by atoms with van der Waals surface area (Å²) in [5.74, 6) is -0.201. The number of carbonyl (C=O) groups is 2. The minimum absolute atomic E-state index is 0.118. The molecule has 3 N–H and O–H groups in total. The maximum absolute atomic E-state index is 12.0. The van der Waals surface area contributed by atoms with Gasteiger partial charge in [-0.25, -0.2) is 4.98 Å². The lowest BCUT2D eigenvalue weighted by Gasteiger charge is -2.22. The maximum Gasteiger partial charge on any atom is 0.249 e. The number of hydrogen-bond donors (Lipinski definition) is 3. The van der Waals surface area contributed by atoms with Crippen molar-refractivity contribution in [1.82, 2.24) is 25.8 Å². The number of amides is 2. The van der Waals surface area contributed by atoms with Crippen LogP contribution in [-0.4, -0.2) is 46.1 Å². The quantitative estimate of drug-likeness (QED) is 0.653. The van der Waals surface area contributed by atoms with Gasteiger partial charge in [-0.2, -0.15) is 0 Å². The van der Waals surface area contributed by atoms with Crippen LogP contribution in [0.1, 0.15) is 25.2 Å². The second kappa shape index (κ2) is 6.38. The average Bonchev–Trinajstić information content (AvgIpc) is 2.47. The van der Waals surface area contributed by atoms with Gasteiger partial charge in [-0.15, -0.1) is 10.2 Å². The van der Waals surface area contributed by atoms with Gasteiger partial charge in [0.05, 0.1) is 17.9 Å². The summed E-state index contributed by atoms with van der Waals surface area (Å²) in [7, 11) is 0. The minimum atomic E-state index is -0.479. The number of anilines is 1. The zero-order valence-corrected chi connectivity index (χ0v) is 11.6. The summed E-state index contributed by atoms with van der Waals surface area (Å²) in [6.45, 7) is 4.35.